The van der Waals surface area contributed by atoms with Crippen molar-refractivity contribution in [3.05, 3.63) is 23.4 Å². The quantitative estimate of drug-likeness (QED) is 0.781. The Morgan fingerprint density at radius 3 is 2.83 bits per heavy atom. The molecule has 2 rings (SSSR count). The number of likely N-dealkylation sites (N-methyl/N-ethyl adjacent to an activating group) is 1. The van der Waals surface area contributed by atoms with Crippen LogP contribution in [0.25, 0.3) is 0 Å². The SMILES string of the molecule is CNC(CSc1ccc(Cl)cn1)(C(N)=O)C1CC1. The number of thioether (sulfide) groups is 1. The molecule has 1 aliphatic carbocycles. The maximum Gasteiger partial charge on any atom is 0.238 e. The number of halogens is 1. The summed E-state index contributed by atoms with van der Waals surface area (Å²) in [6, 6.07) is 3.64. The largest absolute Gasteiger partial charge is 0.368 e. The van der Waals surface area contributed by atoms with Crippen LogP contribution in [0.3, 0.4) is 0 Å². The molecule has 1 aliphatic rings. The minimum atomic E-state index is -0.619. The van der Waals surface area contributed by atoms with Gasteiger partial charge in [-0.3, -0.25) is 4.79 Å². The molecule has 1 aromatic heterocycles. The van der Waals surface area contributed by atoms with Crippen molar-refractivity contribution in [2.45, 2.75) is 23.4 Å². The van der Waals surface area contributed by atoms with Crippen molar-refractivity contribution < 1.29 is 4.79 Å². The Labute approximate surface area is 116 Å². The Morgan fingerprint density at radius 1 is 1.67 bits per heavy atom. The third kappa shape index (κ3) is 2.79. The second-order valence-corrected chi connectivity index (χ2v) is 5.90. The van der Waals surface area contributed by atoms with Crippen molar-refractivity contribution in [3.63, 3.8) is 0 Å². The maximum atomic E-state index is 11.7. The first-order valence-corrected chi connectivity index (χ1v) is 7.18. The van der Waals surface area contributed by atoms with Crippen LogP contribution in [0.15, 0.2) is 23.4 Å². The van der Waals surface area contributed by atoms with Gasteiger partial charge in [-0.25, -0.2) is 4.98 Å². The van der Waals surface area contributed by atoms with Gasteiger partial charge in [-0.05, 0) is 37.9 Å². The van der Waals surface area contributed by atoms with Crippen molar-refractivity contribution in [1.29, 1.82) is 0 Å². The smallest absolute Gasteiger partial charge is 0.238 e. The summed E-state index contributed by atoms with van der Waals surface area (Å²) in [4.78, 5) is 15.9. The van der Waals surface area contributed by atoms with Gasteiger partial charge in [0.05, 0.1) is 10.0 Å². The lowest BCUT2D eigenvalue weighted by Gasteiger charge is -2.29. The highest BCUT2D eigenvalue weighted by molar-refractivity contribution is 7.99. The zero-order valence-corrected chi connectivity index (χ0v) is 11.7. The molecular formula is C12H16ClN3OS. The van der Waals surface area contributed by atoms with Crippen LogP contribution in [0, 0.1) is 5.92 Å². The highest BCUT2D eigenvalue weighted by atomic mass is 35.5. The summed E-state index contributed by atoms with van der Waals surface area (Å²) in [5.41, 5.74) is 4.94. The van der Waals surface area contributed by atoms with Gasteiger partial charge in [-0.2, -0.15) is 0 Å². The topological polar surface area (TPSA) is 68.0 Å². The van der Waals surface area contributed by atoms with Gasteiger partial charge in [0.1, 0.15) is 5.54 Å². The van der Waals surface area contributed by atoms with E-state index in [1.165, 1.54) is 11.8 Å². The van der Waals surface area contributed by atoms with Gasteiger partial charge in [0.15, 0.2) is 0 Å². The number of carbonyl (C=O) groups is 1. The predicted molar refractivity (Wildman–Crippen MR) is 73.7 cm³/mol. The molecule has 3 N–H and O–H groups in total. The lowest BCUT2D eigenvalue weighted by molar-refractivity contribution is -0.124. The Balaban J connectivity index is 2.06. The van der Waals surface area contributed by atoms with Crippen LogP contribution in [0.2, 0.25) is 5.02 Å². The second kappa shape index (κ2) is 5.47. The fourth-order valence-corrected chi connectivity index (χ4v) is 3.30. The fraction of sp³-hybridized carbons (Fsp3) is 0.500. The third-order valence-corrected chi connectivity index (χ3v) is 4.67. The van der Waals surface area contributed by atoms with E-state index in [2.05, 4.69) is 10.3 Å². The Morgan fingerprint density at radius 2 is 2.39 bits per heavy atom. The second-order valence-electron chi connectivity index (χ2n) is 4.46. The van der Waals surface area contributed by atoms with Crippen molar-refractivity contribution in [3.8, 4) is 0 Å². The van der Waals surface area contributed by atoms with Gasteiger partial charge in [0.25, 0.3) is 0 Å². The molecule has 1 aromatic rings. The standard InChI is InChI=1S/C12H16ClN3OS/c1-15-12(11(14)17,8-2-3-8)7-18-10-5-4-9(13)6-16-10/h4-6,8,15H,2-3,7H2,1H3,(H2,14,17). The molecule has 1 fully saturated rings. The van der Waals surface area contributed by atoms with E-state index in [0.717, 1.165) is 17.9 Å². The number of aromatic nitrogens is 1. The van der Waals surface area contributed by atoms with E-state index in [1.54, 1.807) is 19.3 Å². The zero-order valence-electron chi connectivity index (χ0n) is 10.1. The molecule has 1 atom stereocenters. The first kappa shape index (κ1) is 13.6. The van der Waals surface area contributed by atoms with Crippen LogP contribution >= 0.6 is 23.4 Å². The van der Waals surface area contributed by atoms with E-state index >= 15 is 0 Å². The van der Waals surface area contributed by atoms with Crippen LogP contribution in [0.5, 0.6) is 0 Å². The molecule has 4 nitrogen and oxygen atoms in total. The van der Waals surface area contributed by atoms with Crippen LogP contribution in [0.1, 0.15) is 12.8 Å². The summed E-state index contributed by atoms with van der Waals surface area (Å²) in [7, 11) is 1.79. The summed E-state index contributed by atoms with van der Waals surface area (Å²) < 4.78 is 0. The molecule has 0 aliphatic heterocycles. The van der Waals surface area contributed by atoms with Gasteiger partial charge in [-0.1, -0.05) is 11.6 Å². The molecule has 0 radical (unpaired) electrons. The monoisotopic (exact) mass is 285 g/mol. The van der Waals surface area contributed by atoms with Gasteiger partial charge < -0.3 is 11.1 Å². The molecule has 1 saturated carbocycles. The number of nitrogens with zero attached hydrogens (tertiary/aromatic N) is 1. The highest BCUT2D eigenvalue weighted by Gasteiger charge is 2.48. The van der Waals surface area contributed by atoms with Gasteiger partial charge >= 0.3 is 0 Å². The van der Waals surface area contributed by atoms with Gasteiger partial charge in [0.2, 0.25) is 5.91 Å². The summed E-state index contributed by atoms with van der Waals surface area (Å²) in [5.74, 6) is 0.659. The molecule has 98 valence electrons. The number of primary amides is 1. The summed E-state index contributed by atoms with van der Waals surface area (Å²) >= 11 is 7.31. The number of pyridine rings is 1. The minimum absolute atomic E-state index is 0.283. The molecule has 1 heterocycles. The molecule has 0 saturated heterocycles. The highest BCUT2D eigenvalue weighted by Crippen LogP contribution is 2.41. The molecule has 6 heteroatoms. The lowest BCUT2D eigenvalue weighted by Crippen LogP contribution is -2.57. The van der Waals surface area contributed by atoms with E-state index in [0.29, 0.717) is 16.7 Å². The lowest BCUT2D eigenvalue weighted by atomic mass is 9.95. The van der Waals surface area contributed by atoms with E-state index < -0.39 is 5.54 Å². The Hall–Kier alpha value is -0.780. The molecule has 1 unspecified atom stereocenters. The molecule has 18 heavy (non-hydrogen) atoms. The predicted octanol–water partition coefficient (Wildman–Crippen LogP) is 1.68. The van der Waals surface area contributed by atoms with Crippen molar-refractivity contribution in [1.82, 2.24) is 10.3 Å². The van der Waals surface area contributed by atoms with Crippen LogP contribution in [0.4, 0.5) is 0 Å². The number of nitrogens with one attached hydrogen (secondary N) is 1. The van der Waals surface area contributed by atoms with Crippen LogP contribution < -0.4 is 11.1 Å². The normalized spacial score (nSPS) is 18.3. The van der Waals surface area contributed by atoms with Gasteiger partial charge in [-0.15, -0.1) is 11.8 Å². The first-order valence-electron chi connectivity index (χ1n) is 5.81. The third-order valence-electron chi connectivity index (χ3n) is 3.31. The average Bonchev–Trinajstić information content (AvgIpc) is 3.17. The average molecular weight is 286 g/mol. The van der Waals surface area contributed by atoms with Crippen molar-refractivity contribution in [2.24, 2.45) is 11.7 Å². The zero-order chi connectivity index (χ0) is 13.2. The van der Waals surface area contributed by atoms with Crippen molar-refractivity contribution >= 4 is 29.3 Å². The molecule has 0 bridgehead atoms. The van der Waals surface area contributed by atoms with E-state index in [4.69, 9.17) is 17.3 Å². The molecular weight excluding hydrogens is 270 g/mol. The van der Waals surface area contributed by atoms with E-state index in [9.17, 15) is 4.79 Å². The number of nitrogens with two attached hydrogens (primary N) is 1. The first-order chi connectivity index (χ1) is 8.58. The Bertz CT molecular complexity index is 435. The fourth-order valence-electron chi connectivity index (χ4n) is 2.00. The number of carbonyl (C=O) groups excluding carboxylic acids is 1. The summed E-state index contributed by atoms with van der Waals surface area (Å²) in [6.07, 6.45) is 3.71. The summed E-state index contributed by atoms with van der Waals surface area (Å²) in [5, 5.41) is 4.57. The Kier molecular flexibility index (Phi) is 4.14. The van der Waals surface area contributed by atoms with Crippen LogP contribution in [-0.4, -0.2) is 29.2 Å². The molecule has 1 amide bonds. The van der Waals surface area contributed by atoms with E-state index in [-0.39, 0.29) is 5.91 Å². The summed E-state index contributed by atoms with van der Waals surface area (Å²) in [6.45, 7) is 0. The maximum absolute atomic E-state index is 11.7. The van der Waals surface area contributed by atoms with E-state index in [1.807, 2.05) is 6.07 Å². The van der Waals surface area contributed by atoms with Gasteiger partial charge in [0, 0.05) is 11.9 Å². The molecule has 0 spiro atoms. The molecule has 0 aromatic carbocycles. The number of hydrogen-bond donors (Lipinski definition) is 2. The minimum Gasteiger partial charge on any atom is -0.368 e. The van der Waals surface area contributed by atoms with Crippen LogP contribution in [-0.2, 0) is 4.79 Å². The number of hydrogen-bond acceptors (Lipinski definition) is 4. The number of rotatable bonds is 6. The number of amides is 1. The van der Waals surface area contributed by atoms with Crippen molar-refractivity contribution in [2.75, 3.05) is 12.8 Å².